The highest BCUT2D eigenvalue weighted by Crippen LogP contribution is 2.49. The molecule has 0 spiro atoms. The number of nitrogens with one attached hydrogen (secondary N) is 1. The first-order valence-electron chi connectivity index (χ1n) is 8.21. The summed E-state index contributed by atoms with van der Waals surface area (Å²) >= 11 is 0. The van der Waals surface area contributed by atoms with E-state index in [-0.39, 0.29) is 5.41 Å². The van der Waals surface area contributed by atoms with Crippen LogP contribution in [-0.4, -0.2) is 7.05 Å². The molecule has 1 aliphatic carbocycles. The Morgan fingerprint density at radius 2 is 1.65 bits per heavy atom. The lowest BCUT2D eigenvalue weighted by molar-refractivity contribution is 0.195. The first kappa shape index (κ1) is 15.6. The lowest BCUT2D eigenvalue weighted by Gasteiger charge is -2.37. The van der Waals surface area contributed by atoms with Crippen molar-refractivity contribution in [1.82, 2.24) is 5.32 Å². The standard InChI is InChI=1S/C19H31N/c1-6-19(13-7-8-14-19)17(20-5)15-9-11-16(12-10-15)18(2,3)4/h9-12,17,20H,6-8,13-14H2,1-5H3. The van der Waals surface area contributed by atoms with Crippen LogP contribution in [0.4, 0.5) is 0 Å². The molecule has 0 aliphatic heterocycles. The molecule has 1 aromatic rings. The second kappa shape index (κ2) is 5.89. The van der Waals surface area contributed by atoms with Crippen LogP contribution in [0.2, 0.25) is 0 Å². The van der Waals surface area contributed by atoms with Gasteiger partial charge in [-0.2, -0.15) is 0 Å². The Morgan fingerprint density at radius 3 is 2.05 bits per heavy atom. The van der Waals surface area contributed by atoms with Crippen molar-refractivity contribution in [2.24, 2.45) is 5.41 Å². The molecule has 0 heterocycles. The molecule has 1 fully saturated rings. The fraction of sp³-hybridized carbons (Fsp3) is 0.684. The molecule has 1 aromatic carbocycles. The molecule has 1 N–H and O–H groups in total. The highest BCUT2D eigenvalue weighted by Gasteiger charge is 2.39. The minimum Gasteiger partial charge on any atom is -0.313 e. The van der Waals surface area contributed by atoms with E-state index in [0.717, 1.165) is 0 Å². The molecule has 0 bridgehead atoms. The Balaban J connectivity index is 2.28. The summed E-state index contributed by atoms with van der Waals surface area (Å²) in [6, 6.07) is 9.83. The van der Waals surface area contributed by atoms with Crippen molar-refractivity contribution in [3.05, 3.63) is 35.4 Å². The zero-order valence-electron chi connectivity index (χ0n) is 13.9. The van der Waals surface area contributed by atoms with Gasteiger partial charge in [0, 0.05) is 6.04 Å². The molecule has 1 atom stereocenters. The van der Waals surface area contributed by atoms with Crippen molar-refractivity contribution in [2.45, 2.75) is 71.3 Å². The third kappa shape index (κ3) is 2.93. The molecular formula is C19H31N. The molecule has 1 aliphatic rings. The number of rotatable bonds is 4. The summed E-state index contributed by atoms with van der Waals surface area (Å²) in [5.41, 5.74) is 3.60. The molecule has 0 aromatic heterocycles. The maximum absolute atomic E-state index is 3.61. The van der Waals surface area contributed by atoms with Gasteiger partial charge in [0.15, 0.2) is 0 Å². The van der Waals surface area contributed by atoms with E-state index in [2.05, 4.69) is 64.3 Å². The second-order valence-electron chi connectivity index (χ2n) is 7.52. The van der Waals surface area contributed by atoms with Crippen molar-refractivity contribution < 1.29 is 0 Å². The third-order valence-corrected chi connectivity index (χ3v) is 5.31. The maximum Gasteiger partial charge on any atom is 0.0374 e. The molecule has 1 saturated carbocycles. The Labute approximate surface area is 125 Å². The van der Waals surface area contributed by atoms with Gasteiger partial charge < -0.3 is 5.32 Å². The van der Waals surface area contributed by atoms with Crippen LogP contribution in [0.15, 0.2) is 24.3 Å². The maximum atomic E-state index is 3.61. The fourth-order valence-corrected chi connectivity index (χ4v) is 3.93. The van der Waals surface area contributed by atoms with Crippen LogP contribution in [0.25, 0.3) is 0 Å². The second-order valence-corrected chi connectivity index (χ2v) is 7.52. The van der Waals surface area contributed by atoms with Crippen LogP contribution in [-0.2, 0) is 5.41 Å². The molecule has 1 unspecified atom stereocenters. The van der Waals surface area contributed by atoms with E-state index in [1.807, 2.05) is 0 Å². The highest BCUT2D eigenvalue weighted by atomic mass is 14.9. The van der Waals surface area contributed by atoms with Gasteiger partial charge >= 0.3 is 0 Å². The van der Waals surface area contributed by atoms with E-state index >= 15 is 0 Å². The minimum absolute atomic E-state index is 0.240. The average Bonchev–Trinajstić information content (AvgIpc) is 2.89. The van der Waals surface area contributed by atoms with Gasteiger partial charge in [0.2, 0.25) is 0 Å². The lowest BCUT2D eigenvalue weighted by atomic mass is 9.73. The molecular weight excluding hydrogens is 242 g/mol. The Kier molecular flexibility index (Phi) is 4.59. The van der Waals surface area contributed by atoms with Crippen LogP contribution in [0.1, 0.15) is 77.0 Å². The lowest BCUT2D eigenvalue weighted by Crippen LogP contribution is -2.34. The molecule has 0 radical (unpaired) electrons. The number of hydrogen-bond acceptors (Lipinski definition) is 1. The highest BCUT2D eigenvalue weighted by molar-refractivity contribution is 5.30. The summed E-state index contributed by atoms with van der Waals surface area (Å²) in [7, 11) is 2.12. The third-order valence-electron chi connectivity index (χ3n) is 5.31. The van der Waals surface area contributed by atoms with E-state index in [1.165, 1.54) is 43.2 Å². The van der Waals surface area contributed by atoms with Crippen LogP contribution in [0.5, 0.6) is 0 Å². The first-order valence-corrected chi connectivity index (χ1v) is 8.21. The van der Waals surface area contributed by atoms with Crippen LogP contribution in [0, 0.1) is 5.41 Å². The van der Waals surface area contributed by atoms with E-state index < -0.39 is 0 Å². The zero-order valence-corrected chi connectivity index (χ0v) is 13.9. The normalized spacial score (nSPS) is 20.1. The van der Waals surface area contributed by atoms with Gasteiger partial charge in [-0.05, 0) is 48.3 Å². The fourth-order valence-electron chi connectivity index (χ4n) is 3.93. The van der Waals surface area contributed by atoms with Crippen molar-refractivity contribution in [2.75, 3.05) is 7.05 Å². The van der Waals surface area contributed by atoms with Gasteiger partial charge in [-0.1, -0.05) is 64.8 Å². The van der Waals surface area contributed by atoms with Gasteiger partial charge in [-0.3, -0.25) is 0 Å². The summed E-state index contributed by atoms with van der Waals surface area (Å²) < 4.78 is 0. The molecule has 0 saturated heterocycles. The Morgan fingerprint density at radius 1 is 1.10 bits per heavy atom. The van der Waals surface area contributed by atoms with E-state index in [1.54, 1.807) is 0 Å². The predicted molar refractivity (Wildman–Crippen MR) is 88.1 cm³/mol. The van der Waals surface area contributed by atoms with Crippen LogP contribution < -0.4 is 5.32 Å². The molecule has 2 rings (SSSR count). The van der Waals surface area contributed by atoms with Gasteiger partial charge in [-0.25, -0.2) is 0 Å². The van der Waals surface area contributed by atoms with Crippen molar-refractivity contribution >= 4 is 0 Å². The van der Waals surface area contributed by atoms with E-state index in [4.69, 9.17) is 0 Å². The summed E-state index contributed by atoms with van der Waals surface area (Å²) in [5.74, 6) is 0. The number of benzene rings is 1. The van der Waals surface area contributed by atoms with Gasteiger partial charge in [0.25, 0.3) is 0 Å². The predicted octanol–water partition coefficient (Wildman–Crippen LogP) is 5.22. The van der Waals surface area contributed by atoms with Crippen molar-refractivity contribution in [3.8, 4) is 0 Å². The van der Waals surface area contributed by atoms with Gasteiger partial charge in [-0.15, -0.1) is 0 Å². The molecule has 20 heavy (non-hydrogen) atoms. The molecule has 1 nitrogen and oxygen atoms in total. The smallest absolute Gasteiger partial charge is 0.0374 e. The quantitative estimate of drug-likeness (QED) is 0.793. The van der Waals surface area contributed by atoms with Crippen LogP contribution in [0.3, 0.4) is 0 Å². The summed E-state index contributed by atoms with van der Waals surface area (Å²) in [6.07, 6.45) is 6.81. The Hall–Kier alpha value is -0.820. The van der Waals surface area contributed by atoms with E-state index in [9.17, 15) is 0 Å². The van der Waals surface area contributed by atoms with Crippen molar-refractivity contribution in [3.63, 3.8) is 0 Å². The summed E-state index contributed by atoms with van der Waals surface area (Å²) in [5, 5.41) is 3.61. The van der Waals surface area contributed by atoms with Crippen LogP contribution >= 0.6 is 0 Å². The number of hydrogen-bond donors (Lipinski definition) is 1. The largest absolute Gasteiger partial charge is 0.313 e. The average molecular weight is 273 g/mol. The molecule has 0 amide bonds. The van der Waals surface area contributed by atoms with Gasteiger partial charge in [0.1, 0.15) is 0 Å². The first-order chi connectivity index (χ1) is 9.43. The summed E-state index contributed by atoms with van der Waals surface area (Å²) in [4.78, 5) is 0. The van der Waals surface area contributed by atoms with E-state index in [0.29, 0.717) is 11.5 Å². The molecule has 1 heteroatoms. The van der Waals surface area contributed by atoms with Gasteiger partial charge in [0.05, 0.1) is 0 Å². The minimum atomic E-state index is 0.240. The Bertz CT molecular complexity index is 418. The zero-order chi connectivity index (χ0) is 14.8. The summed E-state index contributed by atoms with van der Waals surface area (Å²) in [6.45, 7) is 9.20. The topological polar surface area (TPSA) is 12.0 Å². The van der Waals surface area contributed by atoms with Crippen molar-refractivity contribution in [1.29, 1.82) is 0 Å². The monoisotopic (exact) mass is 273 g/mol. The molecule has 112 valence electrons. The SMILES string of the molecule is CCC1(C(NC)c2ccc(C(C)(C)C)cc2)CCCC1.